The third kappa shape index (κ3) is 7.26. The molecule has 3 rings (SSSR count). The van der Waals surface area contributed by atoms with Crippen LogP contribution in [-0.2, 0) is 0 Å². The number of nitrogens with zero attached hydrogens (tertiary/aromatic N) is 1. The zero-order chi connectivity index (χ0) is 21.1. The smallest absolute Gasteiger partial charge is 0.255 e. The van der Waals surface area contributed by atoms with E-state index in [1.54, 1.807) is 12.1 Å². The summed E-state index contributed by atoms with van der Waals surface area (Å²) >= 11 is 6.41. The van der Waals surface area contributed by atoms with Crippen molar-refractivity contribution in [2.45, 2.75) is 32.6 Å². The van der Waals surface area contributed by atoms with Crippen LogP contribution in [0.1, 0.15) is 43.0 Å². The van der Waals surface area contributed by atoms with E-state index in [-0.39, 0.29) is 5.91 Å². The highest BCUT2D eigenvalue weighted by Gasteiger charge is 2.16. The molecular weight excluding hydrogens is 386 g/mol. The highest BCUT2D eigenvalue weighted by molar-refractivity contribution is 6.33. The van der Waals surface area contributed by atoms with Crippen molar-refractivity contribution in [1.29, 1.82) is 0 Å². The van der Waals surface area contributed by atoms with E-state index in [0.717, 1.165) is 37.4 Å². The number of ether oxygens (including phenoxy) is 1. The Balaban J connectivity index is 0.000000941. The summed E-state index contributed by atoms with van der Waals surface area (Å²) in [4.78, 5) is 14.7. The van der Waals surface area contributed by atoms with Gasteiger partial charge >= 0.3 is 0 Å². The Morgan fingerprint density at radius 3 is 2.34 bits per heavy atom. The fourth-order valence-electron chi connectivity index (χ4n) is 3.04. The highest BCUT2D eigenvalue weighted by Crippen LogP contribution is 2.31. The molecule has 0 spiro atoms. The summed E-state index contributed by atoms with van der Waals surface area (Å²) in [5, 5.41) is 6.33. The summed E-state index contributed by atoms with van der Waals surface area (Å²) in [5.41, 5.74) is 2.33. The van der Waals surface area contributed by atoms with Gasteiger partial charge in [-0.25, -0.2) is 0 Å². The summed E-state index contributed by atoms with van der Waals surface area (Å²) in [6, 6.07) is 12.9. The lowest BCUT2D eigenvalue weighted by Crippen LogP contribution is -2.18. The predicted octanol–water partition coefficient (Wildman–Crippen LogP) is 5.21. The van der Waals surface area contributed by atoms with E-state index in [1.807, 2.05) is 44.4 Å². The first-order chi connectivity index (χ1) is 14.1. The summed E-state index contributed by atoms with van der Waals surface area (Å²) in [5.74, 6) is 0.628. The third-order valence-electron chi connectivity index (χ3n) is 4.54. The fraction of sp³-hybridized carbons (Fsp3) is 0.435. The SMILES string of the molecule is CCCCOc1ccc(C(=O)Nc2ccc(N3CCCC3)c(Cl)c2)cc1.CNC. The number of hydrogen-bond acceptors (Lipinski definition) is 4. The minimum absolute atomic E-state index is 0.157. The molecule has 1 amide bonds. The van der Waals surface area contributed by atoms with E-state index in [2.05, 4.69) is 22.5 Å². The largest absolute Gasteiger partial charge is 0.494 e. The second-order valence-corrected chi connectivity index (χ2v) is 7.45. The molecule has 2 aromatic rings. The fourth-order valence-corrected chi connectivity index (χ4v) is 3.34. The van der Waals surface area contributed by atoms with Gasteiger partial charge in [-0.15, -0.1) is 0 Å². The molecule has 1 aliphatic rings. The molecule has 158 valence electrons. The number of carbonyl (C=O) groups excluding carboxylic acids is 1. The van der Waals surface area contributed by atoms with Crippen molar-refractivity contribution < 1.29 is 9.53 Å². The standard InChI is InChI=1S/C21H25ClN2O2.C2H7N/c1-2-3-14-26-18-9-6-16(7-10-18)21(25)23-17-8-11-20(19(22)15-17)24-12-4-5-13-24;1-3-2/h6-11,15H,2-5,12-14H2,1H3,(H,23,25);3H,1-2H3. The number of carbonyl (C=O) groups is 1. The number of rotatable bonds is 7. The van der Waals surface area contributed by atoms with Crippen molar-refractivity contribution >= 4 is 28.9 Å². The van der Waals surface area contributed by atoms with Gasteiger partial charge in [-0.05, 0) is 75.8 Å². The van der Waals surface area contributed by atoms with Crippen molar-refractivity contribution in [2.24, 2.45) is 0 Å². The molecule has 2 aromatic carbocycles. The molecule has 0 aromatic heterocycles. The van der Waals surface area contributed by atoms with Crippen LogP contribution in [0.2, 0.25) is 5.02 Å². The minimum atomic E-state index is -0.157. The van der Waals surface area contributed by atoms with E-state index in [4.69, 9.17) is 16.3 Å². The van der Waals surface area contributed by atoms with Crippen molar-refractivity contribution in [3.05, 3.63) is 53.1 Å². The molecule has 0 bridgehead atoms. The van der Waals surface area contributed by atoms with Crippen molar-refractivity contribution in [1.82, 2.24) is 5.32 Å². The summed E-state index contributed by atoms with van der Waals surface area (Å²) in [6.45, 7) is 4.90. The second-order valence-electron chi connectivity index (χ2n) is 7.04. The second kappa shape index (κ2) is 12.3. The molecule has 5 nitrogen and oxygen atoms in total. The van der Waals surface area contributed by atoms with Crippen LogP contribution in [-0.4, -0.2) is 39.7 Å². The van der Waals surface area contributed by atoms with Gasteiger partial charge in [0.1, 0.15) is 5.75 Å². The Kier molecular flexibility index (Phi) is 9.81. The molecule has 29 heavy (non-hydrogen) atoms. The van der Waals surface area contributed by atoms with E-state index in [9.17, 15) is 4.79 Å². The van der Waals surface area contributed by atoms with E-state index < -0.39 is 0 Å². The topological polar surface area (TPSA) is 53.6 Å². The average molecular weight is 418 g/mol. The Labute approximate surface area is 179 Å². The van der Waals surface area contributed by atoms with E-state index in [1.165, 1.54) is 12.8 Å². The molecule has 0 unspecified atom stereocenters. The summed E-state index contributed by atoms with van der Waals surface area (Å²) in [7, 11) is 3.75. The maximum Gasteiger partial charge on any atom is 0.255 e. The Bertz CT molecular complexity index is 759. The monoisotopic (exact) mass is 417 g/mol. The van der Waals surface area contributed by atoms with Gasteiger partial charge in [0.25, 0.3) is 5.91 Å². The van der Waals surface area contributed by atoms with Crippen molar-refractivity contribution in [2.75, 3.05) is 44.0 Å². The van der Waals surface area contributed by atoms with Crippen LogP contribution >= 0.6 is 11.6 Å². The number of benzene rings is 2. The lowest BCUT2D eigenvalue weighted by atomic mass is 10.2. The normalized spacial score (nSPS) is 12.9. The molecule has 0 atom stereocenters. The third-order valence-corrected chi connectivity index (χ3v) is 4.84. The Morgan fingerprint density at radius 1 is 1.10 bits per heavy atom. The van der Waals surface area contributed by atoms with Crippen LogP contribution in [0.5, 0.6) is 5.75 Å². The van der Waals surface area contributed by atoms with Crippen LogP contribution < -0.4 is 20.3 Å². The Morgan fingerprint density at radius 2 is 1.76 bits per heavy atom. The van der Waals surface area contributed by atoms with Crippen molar-refractivity contribution in [3.8, 4) is 5.75 Å². The molecule has 0 saturated carbocycles. The molecule has 0 aliphatic carbocycles. The zero-order valence-corrected chi connectivity index (χ0v) is 18.4. The molecule has 6 heteroatoms. The highest BCUT2D eigenvalue weighted by atomic mass is 35.5. The molecule has 2 N–H and O–H groups in total. The van der Waals surface area contributed by atoms with Crippen LogP contribution in [0.25, 0.3) is 0 Å². The first-order valence-electron chi connectivity index (χ1n) is 10.3. The molecule has 1 heterocycles. The molecule has 0 radical (unpaired) electrons. The number of halogens is 1. The molecule has 1 saturated heterocycles. The number of hydrogen-bond donors (Lipinski definition) is 2. The van der Waals surface area contributed by atoms with Gasteiger partial charge in [0.15, 0.2) is 0 Å². The van der Waals surface area contributed by atoms with Crippen LogP contribution in [0, 0.1) is 0 Å². The Hall–Kier alpha value is -2.24. The van der Waals surface area contributed by atoms with Gasteiger partial charge in [-0.1, -0.05) is 24.9 Å². The van der Waals surface area contributed by atoms with Gasteiger partial charge in [0.2, 0.25) is 0 Å². The predicted molar refractivity (Wildman–Crippen MR) is 123 cm³/mol. The minimum Gasteiger partial charge on any atom is -0.494 e. The van der Waals surface area contributed by atoms with E-state index >= 15 is 0 Å². The maximum absolute atomic E-state index is 12.4. The zero-order valence-electron chi connectivity index (χ0n) is 17.6. The number of anilines is 2. The van der Waals surface area contributed by atoms with Crippen LogP contribution in [0.15, 0.2) is 42.5 Å². The molecule has 1 fully saturated rings. The number of nitrogens with one attached hydrogen (secondary N) is 2. The van der Waals surface area contributed by atoms with Crippen molar-refractivity contribution in [3.63, 3.8) is 0 Å². The van der Waals surface area contributed by atoms with Gasteiger partial charge < -0.3 is 20.3 Å². The summed E-state index contributed by atoms with van der Waals surface area (Å²) < 4.78 is 5.62. The van der Waals surface area contributed by atoms with Gasteiger partial charge in [0.05, 0.1) is 17.3 Å². The first-order valence-corrected chi connectivity index (χ1v) is 10.6. The summed E-state index contributed by atoms with van der Waals surface area (Å²) in [6.07, 6.45) is 4.52. The number of amides is 1. The van der Waals surface area contributed by atoms with Crippen LogP contribution in [0.3, 0.4) is 0 Å². The van der Waals surface area contributed by atoms with E-state index in [0.29, 0.717) is 22.9 Å². The maximum atomic E-state index is 12.4. The van der Waals surface area contributed by atoms with Gasteiger partial charge in [-0.2, -0.15) is 0 Å². The quantitative estimate of drug-likeness (QED) is 0.607. The number of unbranched alkanes of at least 4 members (excludes halogenated alkanes) is 1. The average Bonchev–Trinajstić information content (AvgIpc) is 3.24. The van der Waals surface area contributed by atoms with Crippen LogP contribution in [0.4, 0.5) is 11.4 Å². The first kappa shape index (κ1) is 23.0. The molecular formula is C23H32ClN3O2. The lowest BCUT2D eigenvalue weighted by Gasteiger charge is -2.19. The van der Waals surface area contributed by atoms with Gasteiger partial charge in [0, 0.05) is 24.3 Å². The molecule has 1 aliphatic heterocycles. The van der Waals surface area contributed by atoms with Gasteiger partial charge in [-0.3, -0.25) is 4.79 Å². The lowest BCUT2D eigenvalue weighted by molar-refractivity contribution is 0.102.